The van der Waals surface area contributed by atoms with Gasteiger partial charge in [-0.3, -0.25) is 0 Å². The summed E-state index contributed by atoms with van der Waals surface area (Å²) in [7, 11) is 0. The van der Waals surface area contributed by atoms with Crippen molar-refractivity contribution < 1.29 is 0 Å². The molecule has 0 saturated heterocycles. The van der Waals surface area contributed by atoms with E-state index in [0.29, 0.717) is 5.69 Å². The van der Waals surface area contributed by atoms with Gasteiger partial charge in [0, 0.05) is 0 Å². The molecule has 2 aromatic carbocycles. The number of azo groups is 1. The lowest BCUT2D eigenvalue weighted by Gasteiger charge is -2.04. The zero-order chi connectivity index (χ0) is 13.1. The van der Waals surface area contributed by atoms with Crippen LogP contribution >= 0.6 is 46.4 Å². The molecule has 0 aromatic heterocycles. The maximum absolute atomic E-state index is 6.01. The number of nitrogens with zero attached hydrogens (tertiary/aromatic N) is 2. The second-order valence-electron chi connectivity index (χ2n) is 3.35. The molecular weight excluding hydrogens is 314 g/mol. The molecule has 0 N–H and O–H groups in total. The number of hydrogen-bond acceptors (Lipinski definition) is 2. The molecule has 2 aromatic rings. The molecule has 0 amide bonds. The van der Waals surface area contributed by atoms with Crippen molar-refractivity contribution in [2.75, 3.05) is 0 Å². The molecule has 92 valence electrons. The molecule has 2 nitrogen and oxygen atoms in total. The molecule has 6 heteroatoms. The van der Waals surface area contributed by atoms with Crippen LogP contribution < -0.4 is 0 Å². The Morgan fingerprint density at radius 3 is 1.83 bits per heavy atom. The summed E-state index contributed by atoms with van der Waals surface area (Å²) in [6, 6.07) is 10.7. The third-order valence-electron chi connectivity index (χ3n) is 2.11. The summed E-state index contributed by atoms with van der Waals surface area (Å²) in [5.74, 6) is 0. The molecule has 18 heavy (non-hydrogen) atoms. The van der Waals surface area contributed by atoms with Crippen LogP contribution in [0.5, 0.6) is 0 Å². The fourth-order valence-corrected chi connectivity index (χ4v) is 2.13. The molecule has 0 radical (unpaired) electrons. The first kappa shape index (κ1) is 13.6. The Kier molecular flexibility index (Phi) is 4.46. The lowest BCUT2D eigenvalue weighted by molar-refractivity contribution is 1.23. The zero-order valence-corrected chi connectivity index (χ0v) is 11.9. The van der Waals surface area contributed by atoms with Crippen molar-refractivity contribution in [1.82, 2.24) is 0 Å². The van der Waals surface area contributed by atoms with Gasteiger partial charge in [0.1, 0.15) is 5.69 Å². The number of hydrogen-bond donors (Lipinski definition) is 0. The quantitative estimate of drug-likeness (QED) is 0.434. The maximum atomic E-state index is 6.01. The third-order valence-corrected chi connectivity index (χ3v) is 3.67. The van der Waals surface area contributed by atoms with Crippen molar-refractivity contribution >= 4 is 57.8 Å². The van der Waals surface area contributed by atoms with Gasteiger partial charge in [-0.05, 0) is 18.2 Å². The summed E-state index contributed by atoms with van der Waals surface area (Å²) < 4.78 is 0. The van der Waals surface area contributed by atoms with E-state index in [1.165, 1.54) is 6.07 Å². The average molecular weight is 320 g/mol. The molecular formula is C12H6Cl4N2. The van der Waals surface area contributed by atoms with Gasteiger partial charge >= 0.3 is 0 Å². The summed E-state index contributed by atoms with van der Waals surface area (Å²) in [6.45, 7) is 0. The highest BCUT2D eigenvalue weighted by molar-refractivity contribution is 6.49. The first-order chi connectivity index (χ1) is 8.59. The van der Waals surface area contributed by atoms with Crippen molar-refractivity contribution in [3.05, 3.63) is 56.5 Å². The molecule has 0 spiro atoms. The minimum absolute atomic E-state index is 0.228. The Morgan fingerprint density at radius 1 is 0.722 bits per heavy atom. The monoisotopic (exact) mass is 318 g/mol. The minimum Gasteiger partial charge on any atom is -0.150 e. The summed E-state index contributed by atoms with van der Waals surface area (Å²) in [5.41, 5.74) is 0.945. The molecule has 0 saturated carbocycles. The van der Waals surface area contributed by atoms with Crippen molar-refractivity contribution in [3.8, 4) is 0 Å². The second-order valence-corrected chi connectivity index (χ2v) is 4.92. The molecule has 0 unspecified atom stereocenters. The number of rotatable bonds is 2. The van der Waals surface area contributed by atoms with E-state index in [4.69, 9.17) is 46.4 Å². The van der Waals surface area contributed by atoms with Crippen LogP contribution in [0.3, 0.4) is 0 Å². The van der Waals surface area contributed by atoms with Crippen LogP contribution in [0.2, 0.25) is 20.1 Å². The van der Waals surface area contributed by atoms with E-state index >= 15 is 0 Å². The average Bonchev–Trinajstić information content (AvgIpc) is 2.38. The Balaban J connectivity index is 2.44. The molecule has 0 bridgehead atoms. The third kappa shape index (κ3) is 2.96. The van der Waals surface area contributed by atoms with E-state index in [-0.39, 0.29) is 25.8 Å². The van der Waals surface area contributed by atoms with Crippen molar-refractivity contribution in [3.63, 3.8) is 0 Å². The van der Waals surface area contributed by atoms with Gasteiger partial charge < -0.3 is 0 Å². The minimum atomic E-state index is 0.228. The second kappa shape index (κ2) is 5.89. The van der Waals surface area contributed by atoms with Gasteiger partial charge in [0.2, 0.25) is 0 Å². The SMILES string of the molecule is Clc1cc(Cl)c(Cl)c(N=Nc2ccccc2)c1Cl. The lowest BCUT2D eigenvalue weighted by Crippen LogP contribution is -1.76. The molecule has 0 heterocycles. The van der Waals surface area contributed by atoms with Crippen LogP contribution in [0.4, 0.5) is 11.4 Å². The van der Waals surface area contributed by atoms with Crippen LogP contribution in [0.25, 0.3) is 0 Å². The van der Waals surface area contributed by atoms with Crippen LogP contribution in [0, 0.1) is 0 Å². The molecule has 0 aliphatic heterocycles. The van der Waals surface area contributed by atoms with E-state index < -0.39 is 0 Å². The Hall–Kier alpha value is -0.800. The predicted molar refractivity (Wildman–Crippen MR) is 77.1 cm³/mol. The summed E-state index contributed by atoms with van der Waals surface area (Å²) in [6.07, 6.45) is 0. The predicted octanol–water partition coefficient (Wildman–Crippen LogP) is 6.72. The van der Waals surface area contributed by atoms with Gasteiger partial charge in [-0.1, -0.05) is 64.6 Å². The summed E-state index contributed by atoms with van der Waals surface area (Å²) >= 11 is 23.8. The van der Waals surface area contributed by atoms with Crippen LogP contribution in [0.1, 0.15) is 0 Å². The molecule has 2 rings (SSSR count). The van der Waals surface area contributed by atoms with Crippen LogP contribution in [-0.2, 0) is 0 Å². The Morgan fingerprint density at radius 2 is 1.28 bits per heavy atom. The highest BCUT2D eigenvalue weighted by Crippen LogP contribution is 2.43. The normalized spacial score (nSPS) is 11.1. The largest absolute Gasteiger partial charge is 0.150 e. The Labute approximate surface area is 124 Å². The standard InChI is InChI=1S/C12H6Cl4N2/c13-8-6-9(14)11(16)12(10(8)15)18-17-7-4-2-1-3-5-7/h1-6H. The van der Waals surface area contributed by atoms with Crippen molar-refractivity contribution in [2.24, 2.45) is 10.2 Å². The smallest absolute Gasteiger partial charge is 0.126 e. The molecule has 0 fully saturated rings. The molecule has 0 aliphatic carbocycles. The fourth-order valence-electron chi connectivity index (χ4n) is 1.25. The first-order valence-electron chi connectivity index (χ1n) is 4.89. The van der Waals surface area contributed by atoms with Gasteiger partial charge in [0.25, 0.3) is 0 Å². The fraction of sp³-hybridized carbons (Fsp3) is 0. The van der Waals surface area contributed by atoms with Gasteiger partial charge in [0.05, 0.1) is 25.8 Å². The van der Waals surface area contributed by atoms with E-state index in [1.54, 1.807) is 12.1 Å². The molecule has 0 atom stereocenters. The number of halogens is 4. The molecule has 0 aliphatic rings. The number of benzene rings is 2. The van der Waals surface area contributed by atoms with Gasteiger partial charge in [-0.15, -0.1) is 5.11 Å². The van der Waals surface area contributed by atoms with E-state index in [0.717, 1.165) is 0 Å². The van der Waals surface area contributed by atoms with Gasteiger partial charge in [0.15, 0.2) is 0 Å². The lowest BCUT2D eigenvalue weighted by atomic mass is 10.3. The Bertz CT molecular complexity index is 571. The summed E-state index contributed by atoms with van der Waals surface area (Å²) in [5, 5.41) is 9.03. The van der Waals surface area contributed by atoms with Crippen LogP contribution in [0.15, 0.2) is 46.6 Å². The van der Waals surface area contributed by atoms with Gasteiger partial charge in [-0.25, -0.2) is 0 Å². The van der Waals surface area contributed by atoms with E-state index in [1.807, 2.05) is 18.2 Å². The topological polar surface area (TPSA) is 24.7 Å². The van der Waals surface area contributed by atoms with E-state index in [9.17, 15) is 0 Å². The summed E-state index contributed by atoms with van der Waals surface area (Å²) in [4.78, 5) is 0. The van der Waals surface area contributed by atoms with Crippen molar-refractivity contribution in [1.29, 1.82) is 0 Å². The van der Waals surface area contributed by atoms with Crippen molar-refractivity contribution in [2.45, 2.75) is 0 Å². The first-order valence-corrected chi connectivity index (χ1v) is 6.40. The maximum Gasteiger partial charge on any atom is 0.126 e. The highest BCUT2D eigenvalue weighted by Gasteiger charge is 2.13. The highest BCUT2D eigenvalue weighted by atomic mass is 35.5. The van der Waals surface area contributed by atoms with Crippen LogP contribution in [-0.4, -0.2) is 0 Å². The zero-order valence-electron chi connectivity index (χ0n) is 8.87. The van der Waals surface area contributed by atoms with E-state index in [2.05, 4.69) is 10.2 Å². The van der Waals surface area contributed by atoms with Gasteiger partial charge in [-0.2, -0.15) is 5.11 Å².